The van der Waals surface area contributed by atoms with Gasteiger partial charge in [-0.15, -0.1) is 0 Å². The number of carboxylic acid groups (broad SMARTS) is 1. The fourth-order valence-electron chi connectivity index (χ4n) is 2.00. The van der Waals surface area contributed by atoms with Crippen LogP contribution in [0.25, 0.3) is 10.9 Å². The summed E-state index contributed by atoms with van der Waals surface area (Å²) < 4.78 is 6.95. The number of carbonyl (C=O) groups is 1. The number of hydrogen-bond donors (Lipinski definition) is 1. The molecule has 6 nitrogen and oxygen atoms in total. The molecule has 0 atom stereocenters. The van der Waals surface area contributed by atoms with Gasteiger partial charge < -0.3 is 14.2 Å². The number of rotatable bonds is 3. The van der Waals surface area contributed by atoms with Gasteiger partial charge in [-0.3, -0.25) is 0 Å². The number of hydrogen-bond acceptors (Lipinski definition) is 4. The van der Waals surface area contributed by atoms with E-state index in [2.05, 4.69) is 10.1 Å². The second-order valence-corrected chi connectivity index (χ2v) is 4.26. The molecule has 0 aliphatic heterocycles. The number of benzene rings is 1. The standard InChI is InChI=1S/C13H11N3O3/c1-8-14-12(19-15-8)7-16-5-4-9-2-3-10(13(17)18)6-11(9)16/h2-6H,7H2,1H3,(H,17,18). The molecule has 0 fully saturated rings. The molecule has 96 valence electrons. The summed E-state index contributed by atoms with van der Waals surface area (Å²) in [4.78, 5) is 15.1. The van der Waals surface area contributed by atoms with Gasteiger partial charge in [0.15, 0.2) is 5.82 Å². The van der Waals surface area contributed by atoms with Crippen LogP contribution in [0.3, 0.4) is 0 Å². The highest BCUT2D eigenvalue weighted by Crippen LogP contribution is 2.18. The van der Waals surface area contributed by atoms with E-state index in [9.17, 15) is 4.79 Å². The normalized spacial score (nSPS) is 11.0. The van der Waals surface area contributed by atoms with E-state index < -0.39 is 5.97 Å². The minimum atomic E-state index is -0.941. The first-order valence-electron chi connectivity index (χ1n) is 5.75. The summed E-state index contributed by atoms with van der Waals surface area (Å²) in [6.07, 6.45) is 1.87. The number of aromatic nitrogens is 3. The number of nitrogens with zero attached hydrogens (tertiary/aromatic N) is 3. The summed E-state index contributed by atoms with van der Waals surface area (Å²) in [5.74, 6) is 0.136. The van der Waals surface area contributed by atoms with Crippen molar-refractivity contribution in [1.82, 2.24) is 14.7 Å². The quantitative estimate of drug-likeness (QED) is 0.776. The number of aromatic carboxylic acids is 1. The lowest BCUT2D eigenvalue weighted by Crippen LogP contribution is -2.00. The maximum atomic E-state index is 11.0. The first kappa shape index (κ1) is 11.5. The van der Waals surface area contributed by atoms with Gasteiger partial charge in [0.2, 0.25) is 5.89 Å². The zero-order valence-electron chi connectivity index (χ0n) is 10.2. The van der Waals surface area contributed by atoms with Gasteiger partial charge in [0, 0.05) is 11.7 Å². The van der Waals surface area contributed by atoms with Crippen molar-refractivity contribution < 1.29 is 14.4 Å². The molecule has 0 amide bonds. The molecule has 3 aromatic rings. The van der Waals surface area contributed by atoms with Crippen molar-refractivity contribution in [2.45, 2.75) is 13.5 Å². The van der Waals surface area contributed by atoms with E-state index in [-0.39, 0.29) is 5.56 Å². The largest absolute Gasteiger partial charge is 0.478 e. The van der Waals surface area contributed by atoms with E-state index in [1.54, 1.807) is 25.1 Å². The van der Waals surface area contributed by atoms with Crippen LogP contribution in [-0.4, -0.2) is 25.8 Å². The average molecular weight is 257 g/mol. The lowest BCUT2D eigenvalue weighted by molar-refractivity contribution is 0.0697. The fraction of sp³-hybridized carbons (Fsp3) is 0.154. The third-order valence-electron chi connectivity index (χ3n) is 2.90. The minimum absolute atomic E-state index is 0.258. The summed E-state index contributed by atoms with van der Waals surface area (Å²) in [7, 11) is 0. The van der Waals surface area contributed by atoms with Gasteiger partial charge in [-0.25, -0.2) is 4.79 Å². The summed E-state index contributed by atoms with van der Waals surface area (Å²) in [5, 5.41) is 13.7. The molecule has 0 saturated carbocycles. The molecule has 1 aromatic carbocycles. The molecule has 0 radical (unpaired) electrons. The van der Waals surface area contributed by atoms with E-state index >= 15 is 0 Å². The summed E-state index contributed by atoms with van der Waals surface area (Å²) in [6.45, 7) is 2.18. The van der Waals surface area contributed by atoms with Crippen LogP contribution in [0.15, 0.2) is 35.0 Å². The highest BCUT2D eigenvalue weighted by atomic mass is 16.5. The summed E-state index contributed by atoms with van der Waals surface area (Å²) >= 11 is 0. The van der Waals surface area contributed by atoms with Crippen molar-refractivity contribution in [2.75, 3.05) is 0 Å². The number of aryl methyl sites for hydroxylation is 1. The third kappa shape index (κ3) is 2.08. The van der Waals surface area contributed by atoms with Crippen LogP contribution in [0, 0.1) is 6.92 Å². The van der Waals surface area contributed by atoms with Crippen LogP contribution >= 0.6 is 0 Å². The van der Waals surface area contributed by atoms with E-state index in [4.69, 9.17) is 9.63 Å². The molecule has 0 aliphatic rings. The highest BCUT2D eigenvalue weighted by Gasteiger charge is 2.09. The van der Waals surface area contributed by atoms with Crippen molar-refractivity contribution in [1.29, 1.82) is 0 Å². The minimum Gasteiger partial charge on any atom is -0.478 e. The monoisotopic (exact) mass is 257 g/mol. The fourth-order valence-corrected chi connectivity index (χ4v) is 2.00. The van der Waals surface area contributed by atoms with Crippen LogP contribution < -0.4 is 0 Å². The van der Waals surface area contributed by atoms with E-state index in [1.807, 2.05) is 16.8 Å². The summed E-state index contributed by atoms with van der Waals surface area (Å²) in [5.41, 5.74) is 1.09. The second-order valence-electron chi connectivity index (χ2n) is 4.26. The SMILES string of the molecule is Cc1noc(Cn2ccc3ccc(C(=O)O)cc32)n1. The molecule has 0 unspecified atom stereocenters. The Morgan fingerprint density at radius 1 is 1.42 bits per heavy atom. The van der Waals surface area contributed by atoms with Crippen LogP contribution in [0.5, 0.6) is 0 Å². The smallest absolute Gasteiger partial charge is 0.335 e. The highest BCUT2D eigenvalue weighted by molar-refractivity contribution is 5.93. The van der Waals surface area contributed by atoms with Gasteiger partial charge in [-0.2, -0.15) is 4.98 Å². The second kappa shape index (κ2) is 4.24. The molecular weight excluding hydrogens is 246 g/mol. The van der Waals surface area contributed by atoms with Crippen molar-refractivity contribution >= 4 is 16.9 Å². The predicted octanol–water partition coefficient (Wildman–Crippen LogP) is 2.08. The molecule has 0 spiro atoms. The van der Waals surface area contributed by atoms with E-state index in [1.165, 1.54) is 0 Å². The van der Waals surface area contributed by atoms with Crippen molar-refractivity contribution in [3.05, 3.63) is 47.7 Å². The predicted molar refractivity (Wildman–Crippen MR) is 67.0 cm³/mol. The molecule has 3 rings (SSSR count). The van der Waals surface area contributed by atoms with Crippen LogP contribution in [0.2, 0.25) is 0 Å². The van der Waals surface area contributed by atoms with Gasteiger partial charge in [0.05, 0.1) is 5.56 Å². The lowest BCUT2D eigenvalue weighted by atomic mass is 10.2. The maximum absolute atomic E-state index is 11.0. The van der Waals surface area contributed by atoms with Crippen LogP contribution in [0.1, 0.15) is 22.1 Å². The zero-order valence-corrected chi connectivity index (χ0v) is 10.2. The van der Waals surface area contributed by atoms with Gasteiger partial charge >= 0.3 is 5.97 Å². The van der Waals surface area contributed by atoms with Gasteiger partial charge in [-0.1, -0.05) is 11.2 Å². The Kier molecular flexibility index (Phi) is 2.56. The Hall–Kier alpha value is -2.63. The topological polar surface area (TPSA) is 81.2 Å². The molecule has 2 aromatic heterocycles. The molecule has 0 saturated heterocycles. The van der Waals surface area contributed by atoms with Crippen LogP contribution in [-0.2, 0) is 6.54 Å². The molecular formula is C13H11N3O3. The average Bonchev–Trinajstić information content (AvgIpc) is 2.96. The summed E-state index contributed by atoms with van der Waals surface area (Å²) in [6, 6.07) is 6.94. The number of carboxylic acids is 1. The first-order valence-corrected chi connectivity index (χ1v) is 5.75. The molecule has 2 heterocycles. The zero-order chi connectivity index (χ0) is 13.4. The Morgan fingerprint density at radius 2 is 2.26 bits per heavy atom. The Morgan fingerprint density at radius 3 is 2.95 bits per heavy atom. The van der Waals surface area contributed by atoms with Gasteiger partial charge in [0.1, 0.15) is 6.54 Å². The van der Waals surface area contributed by atoms with Crippen molar-refractivity contribution in [2.24, 2.45) is 0 Å². The number of fused-ring (bicyclic) bond motifs is 1. The molecule has 19 heavy (non-hydrogen) atoms. The van der Waals surface area contributed by atoms with Crippen molar-refractivity contribution in [3.8, 4) is 0 Å². The maximum Gasteiger partial charge on any atom is 0.335 e. The lowest BCUT2D eigenvalue weighted by Gasteiger charge is -2.02. The van der Waals surface area contributed by atoms with Crippen molar-refractivity contribution in [3.63, 3.8) is 0 Å². The van der Waals surface area contributed by atoms with Gasteiger partial charge in [0.25, 0.3) is 0 Å². The van der Waals surface area contributed by atoms with E-state index in [0.717, 1.165) is 10.9 Å². The molecule has 6 heteroatoms. The Balaban J connectivity index is 2.03. The first-order chi connectivity index (χ1) is 9.13. The Bertz CT molecular complexity index is 757. The third-order valence-corrected chi connectivity index (χ3v) is 2.90. The Labute approximate surface area is 108 Å². The van der Waals surface area contributed by atoms with Crippen LogP contribution in [0.4, 0.5) is 0 Å². The molecule has 1 N–H and O–H groups in total. The van der Waals surface area contributed by atoms with Gasteiger partial charge in [-0.05, 0) is 30.5 Å². The van der Waals surface area contributed by atoms with E-state index in [0.29, 0.717) is 18.3 Å². The molecule has 0 aliphatic carbocycles. The molecule has 0 bridgehead atoms.